The maximum Gasteiger partial charge on any atom is 0.216 e. The summed E-state index contributed by atoms with van der Waals surface area (Å²) in [5.41, 5.74) is 0. The molecule has 1 atom stereocenters. The monoisotopic (exact) mass is 188 g/mol. The Morgan fingerprint density at radius 2 is 2.00 bits per heavy atom. The van der Waals surface area contributed by atoms with Gasteiger partial charge in [-0.15, -0.1) is 6.58 Å². The molecule has 0 fully saturated rings. The van der Waals surface area contributed by atoms with Crippen LogP contribution in [0.2, 0.25) is 0 Å². The van der Waals surface area contributed by atoms with Crippen molar-refractivity contribution in [3.05, 3.63) is 12.7 Å². The van der Waals surface area contributed by atoms with Crippen LogP contribution in [0.1, 0.15) is 6.42 Å². The molecule has 0 spiro atoms. The molecule has 0 saturated carbocycles. The Hall–Kier alpha value is 0.570. The van der Waals surface area contributed by atoms with Gasteiger partial charge >= 0.3 is 0 Å². The summed E-state index contributed by atoms with van der Waals surface area (Å²) in [5, 5.41) is 8.92. The molecule has 0 aromatic rings. The van der Waals surface area contributed by atoms with Crippen LogP contribution in [0.3, 0.4) is 0 Å². The molecule has 0 saturated heterocycles. The third-order valence-corrected chi connectivity index (χ3v) is 1.52. The molecule has 0 bridgehead atoms. The van der Waals surface area contributed by atoms with Gasteiger partial charge in [0.2, 0.25) is 3.79 Å². The van der Waals surface area contributed by atoms with E-state index in [1.54, 1.807) is 0 Å². The molecule has 9 heavy (non-hydrogen) atoms. The van der Waals surface area contributed by atoms with Gasteiger partial charge in [0.15, 0.2) is 0 Å². The lowest BCUT2D eigenvalue weighted by molar-refractivity contribution is 0.182. The molecule has 0 radical (unpaired) electrons. The van der Waals surface area contributed by atoms with Gasteiger partial charge in [0.05, 0.1) is 0 Å². The number of aliphatic hydroxyl groups excluding tert-OH is 1. The molecule has 0 aliphatic rings. The minimum absolute atomic E-state index is 0.288. The topological polar surface area (TPSA) is 20.2 Å². The second-order valence-corrected chi connectivity index (χ2v) is 3.95. The minimum Gasteiger partial charge on any atom is -0.388 e. The van der Waals surface area contributed by atoms with Crippen LogP contribution in [0.15, 0.2) is 12.7 Å². The molecule has 1 N–H and O–H groups in total. The van der Waals surface area contributed by atoms with E-state index in [-0.39, 0.29) is 6.42 Å². The summed E-state index contributed by atoms with van der Waals surface area (Å²) in [6.07, 6.45) is 0.822. The first-order valence-corrected chi connectivity index (χ1v) is 3.47. The molecule has 4 heteroatoms. The van der Waals surface area contributed by atoms with Gasteiger partial charge in [0.1, 0.15) is 6.10 Å². The summed E-state index contributed by atoms with van der Waals surface area (Å²) in [6, 6.07) is 0. The maximum absolute atomic E-state index is 8.92. The highest BCUT2D eigenvalue weighted by atomic mass is 35.6. The first-order chi connectivity index (χ1) is 3.98. The van der Waals surface area contributed by atoms with Crippen LogP contribution in [-0.2, 0) is 0 Å². The molecule has 0 aliphatic heterocycles. The van der Waals surface area contributed by atoms with Crippen molar-refractivity contribution in [1.82, 2.24) is 0 Å². The lowest BCUT2D eigenvalue weighted by atomic mass is 10.3. The molecule has 0 aromatic heterocycles. The second-order valence-electron chi connectivity index (χ2n) is 1.58. The predicted octanol–water partition coefficient (Wildman–Crippen LogP) is 2.29. The highest BCUT2D eigenvalue weighted by Gasteiger charge is 2.29. The Kier molecular flexibility index (Phi) is 3.90. The fourth-order valence-corrected chi connectivity index (χ4v) is 0.559. The second kappa shape index (κ2) is 3.67. The number of alkyl halides is 3. The summed E-state index contributed by atoms with van der Waals surface area (Å²) in [6.45, 7) is 3.38. The molecule has 0 unspecified atom stereocenters. The zero-order valence-corrected chi connectivity index (χ0v) is 6.92. The van der Waals surface area contributed by atoms with Crippen LogP contribution in [-0.4, -0.2) is 15.0 Å². The molecular formula is C5H7Cl3O. The van der Waals surface area contributed by atoms with Crippen molar-refractivity contribution >= 4 is 34.8 Å². The Balaban J connectivity index is 3.72. The number of hydrogen-bond acceptors (Lipinski definition) is 1. The predicted molar refractivity (Wildman–Crippen MR) is 41.1 cm³/mol. The van der Waals surface area contributed by atoms with Crippen LogP contribution in [0.5, 0.6) is 0 Å². The molecule has 0 aliphatic carbocycles. The first-order valence-electron chi connectivity index (χ1n) is 2.34. The highest BCUT2D eigenvalue weighted by Crippen LogP contribution is 2.31. The van der Waals surface area contributed by atoms with Crippen molar-refractivity contribution in [3.63, 3.8) is 0 Å². The van der Waals surface area contributed by atoms with Gasteiger partial charge in [-0.1, -0.05) is 40.9 Å². The quantitative estimate of drug-likeness (QED) is 0.522. The maximum atomic E-state index is 8.92. The summed E-state index contributed by atoms with van der Waals surface area (Å²) in [7, 11) is 0. The van der Waals surface area contributed by atoms with E-state index in [0.717, 1.165) is 0 Å². The smallest absolute Gasteiger partial charge is 0.216 e. The van der Waals surface area contributed by atoms with Gasteiger partial charge in [0, 0.05) is 0 Å². The highest BCUT2D eigenvalue weighted by molar-refractivity contribution is 6.68. The average Bonchev–Trinajstić information content (AvgIpc) is 1.64. The summed E-state index contributed by atoms with van der Waals surface area (Å²) in [4.78, 5) is 0. The van der Waals surface area contributed by atoms with E-state index in [1.807, 2.05) is 0 Å². The van der Waals surface area contributed by atoms with Crippen molar-refractivity contribution in [2.75, 3.05) is 0 Å². The molecule has 0 amide bonds. The van der Waals surface area contributed by atoms with Crippen LogP contribution >= 0.6 is 34.8 Å². The van der Waals surface area contributed by atoms with E-state index in [9.17, 15) is 0 Å². The van der Waals surface area contributed by atoms with Crippen LogP contribution < -0.4 is 0 Å². The fraction of sp³-hybridized carbons (Fsp3) is 0.600. The summed E-state index contributed by atoms with van der Waals surface area (Å²) >= 11 is 15.9. The van der Waals surface area contributed by atoms with Crippen LogP contribution in [0.25, 0.3) is 0 Å². The summed E-state index contributed by atoms with van der Waals surface area (Å²) in [5.74, 6) is 0. The molecular weight excluding hydrogens is 182 g/mol. The Morgan fingerprint density at radius 1 is 1.56 bits per heavy atom. The molecule has 0 aromatic carbocycles. The number of hydrogen-bond donors (Lipinski definition) is 1. The SMILES string of the molecule is C=CC[C@@H](O)C(Cl)(Cl)Cl. The van der Waals surface area contributed by atoms with E-state index >= 15 is 0 Å². The normalized spacial score (nSPS) is 15.1. The Bertz CT molecular complexity index is 96.9. The van der Waals surface area contributed by atoms with E-state index in [2.05, 4.69) is 6.58 Å². The van der Waals surface area contributed by atoms with Gasteiger partial charge in [-0.3, -0.25) is 0 Å². The number of rotatable bonds is 2. The van der Waals surface area contributed by atoms with E-state index in [1.165, 1.54) is 6.08 Å². The van der Waals surface area contributed by atoms with Crippen molar-refractivity contribution in [2.45, 2.75) is 16.3 Å². The number of aliphatic hydroxyl groups is 1. The zero-order chi connectivity index (χ0) is 7.49. The lowest BCUT2D eigenvalue weighted by Crippen LogP contribution is -2.23. The van der Waals surface area contributed by atoms with E-state index < -0.39 is 9.90 Å². The van der Waals surface area contributed by atoms with Gasteiger partial charge in [-0.05, 0) is 6.42 Å². The van der Waals surface area contributed by atoms with Crippen molar-refractivity contribution < 1.29 is 5.11 Å². The minimum atomic E-state index is -1.59. The van der Waals surface area contributed by atoms with E-state index in [4.69, 9.17) is 39.9 Å². The van der Waals surface area contributed by atoms with Gasteiger partial charge in [-0.25, -0.2) is 0 Å². The fourth-order valence-electron chi connectivity index (χ4n) is 0.291. The van der Waals surface area contributed by atoms with Gasteiger partial charge in [0.25, 0.3) is 0 Å². The molecule has 0 heterocycles. The Morgan fingerprint density at radius 3 is 2.11 bits per heavy atom. The zero-order valence-electron chi connectivity index (χ0n) is 4.65. The third-order valence-electron chi connectivity index (χ3n) is 0.768. The van der Waals surface area contributed by atoms with Crippen molar-refractivity contribution in [3.8, 4) is 0 Å². The van der Waals surface area contributed by atoms with Gasteiger partial charge in [-0.2, -0.15) is 0 Å². The molecule has 54 valence electrons. The van der Waals surface area contributed by atoms with Gasteiger partial charge < -0.3 is 5.11 Å². The van der Waals surface area contributed by atoms with E-state index in [0.29, 0.717) is 0 Å². The third kappa shape index (κ3) is 4.04. The van der Waals surface area contributed by atoms with Crippen LogP contribution in [0.4, 0.5) is 0 Å². The van der Waals surface area contributed by atoms with Crippen molar-refractivity contribution in [2.24, 2.45) is 0 Å². The van der Waals surface area contributed by atoms with Crippen LogP contribution in [0, 0.1) is 0 Å². The summed E-state index contributed by atoms with van der Waals surface area (Å²) < 4.78 is -1.59. The first kappa shape index (κ1) is 9.57. The molecule has 1 nitrogen and oxygen atoms in total. The lowest BCUT2D eigenvalue weighted by Gasteiger charge is -2.16. The van der Waals surface area contributed by atoms with Crippen molar-refractivity contribution in [1.29, 1.82) is 0 Å². The standard InChI is InChI=1S/C5H7Cl3O/c1-2-3-4(9)5(6,7)8/h2,4,9H,1,3H2/t4-/m1/s1. The average molecular weight is 189 g/mol. The largest absolute Gasteiger partial charge is 0.388 e. The molecule has 0 rings (SSSR count). The Labute approximate surface area is 69.2 Å². The number of halogens is 3.